The highest BCUT2D eigenvalue weighted by molar-refractivity contribution is 5.66. The smallest absolute Gasteiger partial charge is 0.128 e. The molecule has 0 saturated heterocycles. The lowest BCUT2D eigenvalue weighted by Gasteiger charge is -2.08. The van der Waals surface area contributed by atoms with Crippen molar-refractivity contribution in [3.8, 4) is 17.0 Å². The number of hydrogen-bond donors (Lipinski definition) is 0. The molecular weight excluding hydrogens is 186 g/mol. The van der Waals surface area contributed by atoms with E-state index in [0.29, 0.717) is 6.61 Å². The molecule has 0 unspecified atom stereocenters. The Morgan fingerprint density at radius 3 is 2.60 bits per heavy atom. The van der Waals surface area contributed by atoms with Crippen LogP contribution in [0.25, 0.3) is 11.3 Å². The quantitative estimate of drug-likeness (QED) is 0.757. The fraction of sp³-hybridized carbons (Fsp3) is 0.154. The van der Waals surface area contributed by atoms with Crippen molar-refractivity contribution in [1.82, 2.24) is 4.98 Å². The van der Waals surface area contributed by atoms with Crippen LogP contribution in [0.1, 0.15) is 6.92 Å². The van der Waals surface area contributed by atoms with E-state index >= 15 is 0 Å². The Morgan fingerprint density at radius 1 is 1.07 bits per heavy atom. The number of rotatable bonds is 3. The summed E-state index contributed by atoms with van der Waals surface area (Å²) >= 11 is 0. The van der Waals surface area contributed by atoms with Gasteiger partial charge >= 0.3 is 0 Å². The normalized spacial score (nSPS) is 9.93. The Kier molecular flexibility index (Phi) is 2.98. The molecule has 2 aromatic rings. The monoisotopic (exact) mass is 199 g/mol. The molecule has 0 fully saturated rings. The van der Waals surface area contributed by atoms with Crippen molar-refractivity contribution in [1.29, 1.82) is 0 Å². The summed E-state index contributed by atoms with van der Waals surface area (Å²) in [4.78, 5) is 4.31. The topological polar surface area (TPSA) is 22.1 Å². The number of pyridine rings is 1. The summed E-state index contributed by atoms with van der Waals surface area (Å²) in [6.45, 7) is 2.65. The average molecular weight is 199 g/mol. The molecule has 0 aliphatic heterocycles. The lowest BCUT2D eigenvalue weighted by atomic mass is 10.1. The summed E-state index contributed by atoms with van der Waals surface area (Å²) in [7, 11) is 0. The largest absolute Gasteiger partial charge is 0.493 e. The first-order chi connectivity index (χ1) is 7.42. The highest BCUT2D eigenvalue weighted by atomic mass is 16.5. The number of hydrogen-bond acceptors (Lipinski definition) is 2. The second-order valence-corrected chi connectivity index (χ2v) is 3.14. The van der Waals surface area contributed by atoms with Gasteiger partial charge in [-0.1, -0.05) is 18.2 Å². The van der Waals surface area contributed by atoms with Gasteiger partial charge in [0.05, 0.1) is 12.3 Å². The van der Waals surface area contributed by atoms with Crippen molar-refractivity contribution in [3.05, 3.63) is 48.7 Å². The van der Waals surface area contributed by atoms with Gasteiger partial charge in [-0.25, -0.2) is 0 Å². The summed E-state index contributed by atoms with van der Waals surface area (Å²) < 4.78 is 5.55. The maximum absolute atomic E-state index is 5.55. The van der Waals surface area contributed by atoms with E-state index in [9.17, 15) is 0 Å². The Balaban J connectivity index is 2.43. The van der Waals surface area contributed by atoms with Crippen molar-refractivity contribution in [3.63, 3.8) is 0 Å². The molecule has 15 heavy (non-hydrogen) atoms. The molecule has 0 N–H and O–H groups in total. The first-order valence-corrected chi connectivity index (χ1v) is 5.05. The molecule has 1 heterocycles. The van der Waals surface area contributed by atoms with E-state index in [0.717, 1.165) is 17.0 Å². The van der Waals surface area contributed by atoms with Gasteiger partial charge in [-0.2, -0.15) is 0 Å². The van der Waals surface area contributed by atoms with Gasteiger partial charge in [0.2, 0.25) is 0 Å². The fourth-order valence-corrected chi connectivity index (χ4v) is 1.48. The molecule has 0 atom stereocenters. The van der Waals surface area contributed by atoms with E-state index in [1.54, 1.807) is 6.20 Å². The molecule has 2 heteroatoms. The van der Waals surface area contributed by atoms with Crippen molar-refractivity contribution in [2.45, 2.75) is 6.92 Å². The zero-order valence-electron chi connectivity index (χ0n) is 8.68. The van der Waals surface area contributed by atoms with E-state index in [4.69, 9.17) is 4.74 Å². The average Bonchev–Trinajstić information content (AvgIpc) is 2.31. The minimum absolute atomic E-state index is 0.670. The minimum Gasteiger partial charge on any atom is -0.493 e. The second kappa shape index (κ2) is 4.60. The number of para-hydroxylation sites is 1. The lowest BCUT2D eigenvalue weighted by Crippen LogP contribution is -1.94. The van der Waals surface area contributed by atoms with Crippen molar-refractivity contribution < 1.29 is 4.74 Å². The van der Waals surface area contributed by atoms with Gasteiger partial charge in [0, 0.05) is 11.8 Å². The molecule has 0 aliphatic rings. The molecule has 76 valence electrons. The van der Waals surface area contributed by atoms with E-state index < -0.39 is 0 Å². The molecule has 2 nitrogen and oxygen atoms in total. The Labute approximate surface area is 89.6 Å². The van der Waals surface area contributed by atoms with Crippen molar-refractivity contribution in [2.75, 3.05) is 6.61 Å². The van der Waals surface area contributed by atoms with Crippen LogP contribution in [-0.2, 0) is 0 Å². The van der Waals surface area contributed by atoms with Crippen LogP contribution < -0.4 is 4.74 Å². The number of ether oxygens (including phenoxy) is 1. The van der Waals surface area contributed by atoms with Gasteiger partial charge in [0.1, 0.15) is 5.75 Å². The lowest BCUT2D eigenvalue weighted by molar-refractivity contribution is 0.341. The summed E-state index contributed by atoms with van der Waals surface area (Å²) in [6.07, 6.45) is 1.79. The zero-order chi connectivity index (χ0) is 10.5. The van der Waals surface area contributed by atoms with Gasteiger partial charge in [0.15, 0.2) is 0 Å². The van der Waals surface area contributed by atoms with Crippen LogP contribution in [0.4, 0.5) is 0 Å². The first-order valence-electron chi connectivity index (χ1n) is 5.05. The van der Waals surface area contributed by atoms with Crippen LogP contribution in [0.5, 0.6) is 5.75 Å². The molecule has 0 radical (unpaired) electrons. The number of benzene rings is 1. The second-order valence-electron chi connectivity index (χ2n) is 3.14. The van der Waals surface area contributed by atoms with Gasteiger partial charge in [-0.05, 0) is 31.2 Å². The molecule has 0 aliphatic carbocycles. The van der Waals surface area contributed by atoms with Crippen LogP contribution in [0, 0.1) is 0 Å². The summed E-state index contributed by atoms with van der Waals surface area (Å²) in [5.41, 5.74) is 1.99. The summed E-state index contributed by atoms with van der Waals surface area (Å²) in [5.74, 6) is 0.888. The van der Waals surface area contributed by atoms with E-state index in [1.165, 1.54) is 0 Å². The predicted octanol–water partition coefficient (Wildman–Crippen LogP) is 3.15. The molecule has 1 aromatic carbocycles. The summed E-state index contributed by atoms with van der Waals surface area (Å²) in [6, 6.07) is 13.8. The minimum atomic E-state index is 0.670. The molecule has 2 rings (SSSR count). The zero-order valence-corrected chi connectivity index (χ0v) is 8.68. The fourth-order valence-electron chi connectivity index (χ4n) is 1.48. The van der Waals surface area contributed by atoms with Gasteiger partial charge in [-0.15, -0.1) is 0 Å². The maximum atomic E-state index is 5.55. The third-order valence-corrected chi connectivity index (χ3v) is 2.13. The number of aromatic nitrogens is 1. The van der Waals surface area contributed by atoms with E-state index in [-0.39, 0.29) is 0 Å². The molecule has 1 aromatic heterocycles. The predicted molar refractivity (Wildman–Crippen MR) is 60.8 cm³/mol. The Hall–Kier alpha value is -1.83. The summed E-state index contributed by atoms with van der Waals surface area (Å²) in [5, 5.41) is 0. The van der Waals surface area contributed by atoms with Crippen LogP contribution in [0.3, 0.4) is 0 Å². The molecule has 0 spiro atoms. The van der Waals surface area contributed by atoms with Crippen molar-refractivity contribution in [2.24, 2.45) is 0 Å². The first kappa shape index (κ1) is 9.71. The van der Waals surface area contributed by atoms with E-state index in [1.807, 2.05) is 49.4 Å². The van der Waals surface area contributed by atoms with Crippen molar-refractivity contribution >= 4 is 0 Å². The van der Waals surface area contributed by atoms with Gasteiger partial charge in [0.25, 0.3) is 0 Å². The van der Waals surface area contributed by atoms with Crippen LogP contribution in [0.2, 0.25) is 0 Å². The molecule has 0 amide bonds. The molecule has 0 saturated carbocycles. The van der Waals surface area contributed by atoms with E-state index in [2.05, 4.69) is 4.98 Å². The van der Waals surface area contributed by atoms with Gasteiger partial charge < -0.3 is 4.74 Å². The van der Waals surface area contributed by atoms with Crippen LogP contribution in [0.15, 0.2) is 48.7 Å². The van der Waals surface area contributed by atoms with Crippen LogP contribution in [-0.4, -0.2) is 11.6 Å². The Bertz CT molecular complexity index is 426. The third-order valence-electron chi connectivity index (χ3n) is 2.13. The maximum Gasteiger partial charge on any atom is 0.128 e. The number of nitrogens with zero attached hydrogens (tertiary/aromatic N) is 1. The standard InChI is InChI=1S/C13H13NO/c1-2-15-13-9-4-3-7-11(13)12-8-5-6-10-14-12/h3-10H,2H2,1H3. The highest BCUT2D eigenvalue weighted by Crippen LogP contribution is 2.27. The van der Waals surface area contributed by atoms with Gasteiger partial charge in [-0.3, -0.25) is 4.98 Å². The molecular formula is C13H13NO. The molecule has 0 bridgehead atoms. The Morgan fingerprint density at radius 2 is 1.87 bits per heavy atom. The third kappa shape index (κ3) is 2.15. The van der Waals surface area contributed by atoms with Crippen LogP contribution >= 0.6 is 0 Å². The highest BCUT2D eigenvalue weighted by Gasteiger charge is 2.04. The SMILES string of the molecule is CCOc1ccccc1-c1ccccn1.